The number of halogens is 2. The second kappa shape index (κ2) is 12.5. The average Bonchev–Trinajstić information content (AvgIpc) is 2.64. The molecule has 0 bridgehead atoms. The van der Waals surface area contributed by atoms with E-state index in [1.165, 1.54) is 19.2 Å². The largest absolute Gasteiger partial charge is 0.356 e. The quantitative estimate of drug-likeness (QED) is 0.360. The third kappa shape index (κ3) is 7.75. The fourth-order valence-corrected chi connectivity index (χ4v) is 3.11. The summed E-state index contributed by atoms with van der Waals surface area (Å²) in [7, 11) is 1.74. The zero-order valence-electron chi connectivity index (χ0n) is 16.2. The molecule has 148 valence electrons. The van der Waals surface area contributed by atoms with Gasteiger partial charge in [0, 0.05) is 58.4 Å². The fraction of sp³-hybridized carbons (Fsp3) is 0.632. The van der Waals surface area contributed by atoms with Gasteiger partial charge in [-0.1, -0.05) is 32.0 Å². The highest BCUT2D eigenvalue weighted by Crippen LogP contribution is 2.06. The maximum Gasteiger partial charge on any atom is 0.191 e. The van der Waals surface area contributed by atoms with E-state index in [0.717, 1.165) is 32.7 Å². The molecule has 1 aromatic rings. The van der Waals surface area contributed by atoms with Crippen molar-refractivity contribution in [2.75, 3.05) is 52.9 Å². The van der Waals surface area contributed by atoms with Crippen molar-refractivity contribution < 1.29 is 4.39 Å². The Morgan fingerprint density at radius 2 is 1.81 bits per heavy atom. The summed E-state index contributed by atoms with van der Waals surface area (Å²) in [5, 5.41) is 6.53. The van der Waals surface area contributed by atoms with Gasteiger partial charge in [0.05, 0.1) is 0 Å². The van der Waals surface area contributed by atoms with Gasteiger partial charge in [0.25, 0.3) is 0 Å². The van der Waals surface area contributed by atoms with Gasteiger partial charge in [-0.2, -0.15) is 0 Å². The molecule has 2 N–H and O–H groups in total. The highest BCUT2D eigenvalue weighted by atomic mass is 127. The molecule has 1 atom stereocenters. The molecule has 0 aliphatic carbocycles. The first kappa shape index (κ1) is 23.1. The third-order valence-corrected chi connectivity index (χ3v) is 4.73. The molecule has 1 aromatic carbocycles. The maximum absolute atomic E-state index is 13.7. The molecule has 1 heterocycles. The molecule has 2 rings (SSSR count). The van der Waals surface area contributed by atoms with Gasteiger partial charge in [-0.15, -0.1) is 24.0 Å². The van der Waals surface area contributed by atoms with Gasteiger partial charge in [0.1, 0.15) is 5.82 Å². The summed E-state index contributed by atoms with van der Waals surface area (Å²) in [6.07, 6.45) is 0. The number of benzene rings is 1. The summed E-state index contributed by atoms with van der Waals surface area (Å²) in [6.45, 7) is 12.6. The topological polar surface area (TPSA) is 42.9 Å². The number of piperazine rings is 1. The van der Waals surface area contributed by atoms with Crippen LogP contribution >= 0.6 is 24.0 Å². The lowest BCUT2D eigenvalue weighted by molar-refractivity contribution is 0.124. The van der Waals surface area contributed by atoms with Crippen molar-refractivity contribution in [3.05, 3.63) is 35.6 Å². The van der Waals surface area contributed by atoms with Gasteiger partial charge in [-0.05, 0) is 18.5 Å². The van der Waals surface area contributed by atoms with E-state index in [0.29, 0.717) is 24.0 Å². The fourth-order valence-electron chi connectivity index (χ4n) is 3.11. The van der Waals surface area contributed by atoms with Crippen LogP contribution in [0.5, 0.6) is 0 Å². The van der Waals surface area contributed by atoms with Crippen molar-refractivity contribution in [2.24, 2.45) is 10.9 Å². The number of rotatable bonds is 7. The van der Waals surface area contributed by atoms with E-state index in [4.69, 9.17) is 0 Å². The molecule has 1 aliphatic heterocycles. The van der Waals surface area contributed by atoms with Gasteiger partial charge >= 0.3 is 0 Å². The minimum Gasteiger partial charge on any atom is -0.356 e. The first-order valence-corrected chi connectivity index (χ1v) is 9.25. The van der Waals surface area contributed by atoms with Gasteiger partial charge in [0.15, 0.2) is 5.96 Å². The van der Waals surface area contributed by atoms with Crippen LogP contribution in [-0.2, 0) is 6.54 Å². The van der Waals surface area contributed by atoms with Crippen LogP contribution in [-0.4, -0.2) is 68.6 Å². The van der Waals surface area contributed by atoms with Crippen LogP contribution in [0.4, 0.5) is 4.39 Å². The highest BCUT2D eigenvalue weighted by molar-refractivity contribution is 14.0. The SMILES string of the molecule is CCN1CCN(CC(C)CNC(=NC)NCc2ccccc2F)CC1.I. The lowest BCUT2D eigenvalue weighted by Gasteiger charge is -2.35. The van der Waals surface area contributed by atoms with E-state index in [1.54, 1.807) is 19.2 Å². The number of likely N-dealkylation sites (N-methyl/N-ethyl adjacent to an activating group) is 1. The van der Waals surface area contributed by atoms with Gasteiger partial charge < -0.3 is 20.4 Å². The normalized spacial score (nSPS) is 17.5. The first-order valence-electron chi connectivity index (χ1n) is 9.25. The Balaban J connectivity index is 0.00000338. The average molecular weight is 477 g/mol. The number of hydrogen-bond acceptors (Lipinski definition) is 3. The molecule has 1 aliphatic rings. The Kier molecular flexibility index (Phi) is 11.1. The van der Waals surface area contributed by atoms with E-state index in [-0.39, 0.29) is 29.8 Å². The number of hydrogen-bond donors (Lipinski definition) is 2. The van der Waals surface area contributed by atoms with Crippen molar-refractivity contribution in [1.29, 1.82) is 0 Å². The summed E-state index contributed by atoms with van der Waals surface area (Å²) in [6, 6.07) is 6.81. The summed E-state index contributed by atoms with van der Waals surface area (Å²) < 4.78 is 13.7. The molecule has 1 saturated heterocycles. The Hall–Kier alpha value is -0.930. The van der Waals surface area contributed by atoms with Gasteiger partial charge in [-0.3, -0.25) is 4.99 Å². The smallest absolute Gasteiger partial charge is 0.191 e. The van der Waals surface area contributed by atoms with Crippen molar-refractivity contribution >= 4 is 29.9 Å². The van der Waals surface area contributed by atoms with Crippen LogP contribution in [0.25, 0.3) is 0 Å². The Labute approximate surface area is 174 Å². The van der Waals surface area contributed by atoms with Crippen molar-refractivity contribution in [3.8, 4) is 0 Å². The summed E-state index contributed by atoms with van der Waals surface area (Å²) in [4.78, 5) is 9.25. The van der Waals surface area contributed by atoms with E-state index in [1.807, 2.05) is 6.07 Å². The van der Waals surface area contributed by atoms with Crippen molar-refractivity contribution in [3.63, 3.8) is 0 Å². The Morgan fingerprint density at radius 3 is 2.42 bits per heavy atom. The number of aliphatic imine (C=N–C) groups is 1. The van der Waals surface area contributed by atoms with Crippen LogP contribution in [0.3, 0.4) is 0 Å². The second-order valence-electron chi connectivity index (χ2n) is 6.74. The van der Waals surface area contributed by atoms with Crippen LogP contribution in [0, 0.1) is 11.7 Å². The number of guanidine groups is 1. The number of nitrogens with one attached hydrogen (secondary N) is 2. The lowest BCUT2D eigenvalue weighted by Crippen LogP contribution is -2.48. The van der Waals surface area contributed by atoms with E-state index in [2.05, 4.69) is 39.3 Å². The molecular weight excluding hydrogens is 444 g/mol. The van der Waals surface area contributed by atoms with Crippen LogP contribution in [0.1, 0.15) is 19.4 Å². The number of nitrogens with zero attached hydrogens (tertiary/aromatic N) is 3. The summed E-state index contributed by atoms with van der Waals surface area (Å²) >= 11 is 0. The van der Waals surface area contributed by atoms with Crippen molar-refractivity contribution in [1.82, 2.24) is 20.4 Å². The molecule has 0 spiro atoms. The predicted molar refractivity (Wildman–Crippen MR) is 118 cm³/mol. The van der Waals surface area contributed by atoms with E-state index >= 15 is 0 Å². The second-order valence-corrected chi connectivity index (χ2v) is 6.74. The minimum absolute atomic E-state index is 0. The monoisotopic (exact) mass is 477 g/mol. The highest BCUT2D eigenvalue weighted by Gasteiger charge is 2.17. The first-order chi connectivity index (χ1) is 12.1. The van der Waals surface area contributed by atoms with Crippen LogP contribution in [0.15, 0.2) is 29.3 Å². The van der Waals surface area contributed by atoms with Crippen molar-refractivity contribution in [2.45, 2.75) is 20.4 Å². The third-order valence-electron chi connectivity index (χ3n) is 4.73. The van der Waals surface area contributed by atoms with Crippen LogP contribution in [0.2, 0.25) is 0 Å². The molecular formula is C19H33FIN5. The zero-order chi connectivity index (χ0) is 18.1. The van der Waals surface area contributed by atoms with E-state index < -0.39 is 0 Å². The zero-order valence-corrected chi connectivity index (χ0v) is 18.5. The molecule has 26 heavy (non-hydrogen) atoms. The van der Waals surface area contributed by atoms with Crippen LogP contribution < -0.4 is 10.6 Å². The molecule has 7 heteroatoms. The summed E-state index contributed by atoms with van der Waals surface area (Å²) in [5.41, 5.74) is 0.646. The van der Waals surface area contributed by atoms with Gasteiger partial charge in [-0.25, -0.2) is 4.39 Å². The lowest BCUT2D eigenvalue weighted by atomic mass is 10.1. The van der Waals surface area contributed by atoms with E-state index in [9.17, 15) is 4.39 Å². The maximum atomic E-state index is 13.7. The molecule has 0 amide bonds. The minimum atomic E-state index is -0.190. The molecule has 0 saturated carbocycles. The Morgan fingerprint density at radius 1 is 1.15 bits per heavy atom. The molecule has 0 aromatic heterocycles. The summed E-state index contributed by atoms with van der Waals surface area (Å²) in [5.74, 6) is 1.05. The standard InChI is InChI=1S/C19H32FN5.HI/c1-4-24-9-11-25(12-10-24)15-16(2)13-22-19(21-3)23-14-17-7-5-6-8-18(17)20;/h5-8,16H,4,9-15H2,1-3H3,(H2,21,22,23);1H. The molecule has 1 fully saturated rings. The molecule has 0 radical (unpaired) electrons. The predicted octanol–water partition coefficient (Wildman–Crippen LogP) is 2.38. The van der Waals surface area contributed by atoms with Gasteiger partial charge in [0.2, 0.25) is 0 Å². The molecule has 5 nitrogen and oxygen atoms in total. The molecule has 1 unspecified atom stereocenters. The Bertz CT molecular complexity index is 546.